The van der Waals surface area contributed by atoms with Gasteiger partial charge in [0.05, 0.1) is 0 Å². The van der Waals surface area contributed by atoms with Crippen LogP contribution in [0.2, 0.25) is 0 Å². The third-order valence-corrected chi connectivity index (χ3v) is 5.98. The van der Waals surface area contributed by atoms with E-state index >= 15 is 0 Å². The van der Waals surface area contributed by atoms with E-state index in [4.69, 9.17) is 0 Å². The Morgan fingerprint density at radius 1 is 1.23 bits per heavy atom. The molecule has 2 fully saturated rings. The number of amides is 1. The molecule has 2 aliphatic rings. The minimum absolute atomic E-state index is 0.0993. The maximum Gasteiger partial charge on any atom is 0.445 e. The summed E-state index contributed by atoms with van der Waals surface area (Å²) in [6.45, 7) is 2.46. The molecule has 0 bridgehead atoms. The maximum absolute atomic E-state index is 12.7. The first kappa shape index (κ1) is 17.3. The highest BCUT2D eigenvalue weighted by Crippen LogP contribution is 2.38. The molecular weight excluding hydrogens is 369 g/mol. The van der Waals surface area contributed by atoms with Crippen LogP contribution in [-0.4, -0.2) is 57.0 Å². The Bertz CT molecular complexity index is 818. The summed E-state index contributed by atoms with van der Waals surface area (Å²) in [4.78, 5) is 16.2. The Morgan fingerprint density at radius 3 is 2.65 bits per heavy atom. The van der Waals surface area contributed by atoms with Gasteiger partial charge < -0.3 is 9.80 Å². The lowest BCUT2D eigenvalue weighted by atomic mass is 9.88. The van der Waals surface area contributed by atoms with Crippen LogP contribution >= 0.6 is 11.3 Å². The van der Waals surface area contributed by atoms with Crippen molar-refractivity contribution in [2.45, 2.75) is 12.6 Å². The topological polar surface area (TPSA) is 67.2 Å². The zero-order valence-electron chi connectivity index (χ0n) is 14.0. The largest absolute Gasteiger partial charge is 0.445 e. The van der Waals surface area contributed by atoms with Crippen molar-refractivity contribution in [3.05, 3.63) is 23.0 Å². The van der Waals surface area contributed by atoms with E-state index < -0.39 is 11.2 Å². The predicted molar refractivity (Wildman–Crippen MR) is 87.8 cm³/mol. The summed E-state index contributed by atoms with van der Waals surface area (Å²) in [5.74, 6) is 0.466. The molecule has 0 unspecified atom stereocenters. The summed E-state index contributed by atoms with van der Waals surface area (Å²) >= 11 is 0.575. The molecule has 7 nitrogen and oxygen atoms in total. The maximum atomic E-state index is 12.7. The third kappa shape index (κ3) is 3.15. The summed E-state index contributed by atoms with van der Waals surface area (Å²) in [6, 6.07) is 1.69. The number of aryl methyl sites for hydroxylation is 1. The van der Waals surface area contributed by atoms with Crippen molar-refractivity contribution in [3.8, 4) is 0 Å². The van der Waals surface area contributed by atoms with Crippen molar-refractivity contribution < 1.29 is 18.0 Å². The van der Waals surface area contributed by atoms with Crippen molar-refractivity contribution in [1.82, 2.24) is 24.9 Å². The van der Waals surface area contributed by atoms with Gasteiger partial charge in [-0.2, -0.15) is 18.3 Å². The van der Waals surface area contributed by atoms with Crippen molar-refractivity contribution in [1.29, 1.82) is 0 Å². The van der Waals surface area contributed by atoms with Gasteiger partial charge in [0, 0.05) is 39.4 Å². The number of nitrogens with zero attached hydrogens (tertiary/aromatic N) is 6. The van der Waals surface area contributed by atoms with Crippen LogP contribution in [0.25, 0.3) is 0 Å². The van der Waals surface area contributed by atoms with Crippen LogP contribution in [0.5, 0.6) is 0 Å². The number of carbonyl (C=O) groups is 1. The van der Waals surface area contributed by atoms with Gasteiger partial charge in [-0.05, 0) is 24.3 Å². The van der Waals surface area contributed by atoms with E-state index in [1.165, 1.54) is 0 Å². The van der Waals surface area contributed by atoms with Gasteiger partial charge >= 0.3 is 6.18 Å². The highest BCUT2D eigenvalue weighted by molar-refractivity contribution is 7.15. The molecule has 4 heterocycles. The van der Waals surface area contributed by atoms with E-state index in [1.54, 1.807) is 28.9 Å². The summed E-state index contributed by atoms with van der Waals surface area (Å²) in [5, 5.41) is 10.5. The number of piperidine rings is 1. The fourth-order valence-corrected chi connectivity index (χ4v) is 4.39. The van der Waals surface area contributed by atoms with Gasteiger partial charge in [-0.25, -0.2) is 0 Å². The fraction of sp³-hybridized carbons (Fsp3) is 0.600. The van der Waals surface area contributed by atoms with E-state index in [0.717, 1.165) is 6.42 Å². The number of likely N-dealkylation sites (tertiary alicyclic amines) is 1. The van der Waals surface area contributed by atoms with E-state index in [1.807, 2.05) is 4.90 Å². The number of anilines is 1. The van der Waals surface area contributed by atoms with Crippen LogP contribution < -0.4 is 4.90 Å². The molecule has 2 aromatic heterocycles. The average molecular weight is 386 g/mol. The molecule has 4 rings (SSSR count). The minimum Gasteiger partial charge on any atom is -0.346 e. The van der Waals surface area contributed by atoms with E-state index in [0.29, 0.717) is 54.3 Å². The van der Waals surface area contributed by atoms with Crippen molar-refractivity contribution >= 4 is 22.4 Å². The second-order valence-electron chi connectivity index (χ2n) is 6.73. The van der Waals surface area contributed by atoms with Crippen LogP contribution in [-0.2, 0) is 13.2 Å². The molecule has 26 heavy (non-hydrogen) atoms. The Hall–Kier alpha value is -2.17. The van der Waals surface area contributed by atoms with E-state index in [-0.39, 0.29) is 11.8 Å². The number of alkyl halides is 3. The number of rotatable bonds is 2. The predicted octanol–water partition coefficient (Wildman–Crippen LogP) is 1.89. The van der Waals surface area contributed by atoms with E-state index in [2.05, 4.69) is 15.3 Å². The number of halogens is 3. The average Bonchev–Trinajstić information content (AvgIpc) is 3.31. The van der Waals surface area contributed by atoms with Crippen LogP contribution in [0.15, 0.2) is 12.3 Å². The summed E-state index contributed by atoms with van der Waals surface area (Å²) in [5.41, 5.74) is 0.416. The highest BCUT2D eigenvalue weighted by atomic mass is 32.1. The summed E-state index contributed by atoms with van der Waals surface area (Å²) < 4.78 is 39.8. The molecular formula is C15H17F3N6OS. The Kier molecular flexibility index (Phi) is 4.13. The first-order valence-electron chi connectivity index (χ1n) is 8.26. The SMILES string of the molecule is Cn1ccc(C(=O)N2CC[C@@H]3CN(c4nnc(C(F)(F)F)s4)C[C@@H]3C2)n1. The molecule has 0 radical (unpaired) electrons. The van der Waals surface area contributed by atoms with Gasteiger partial charge in [-0.3, -0.25) is 9.48 Å². The molecule has 0 saturated carbocycles. The fourth-order valence-electron chi connectivity index (χ4n) is 3.66. The zero-order valence-corrected chi connectivity index (χ0v) is 14.8. The second kappa shape index (κ2) is 6.22. The number of hydrogen-bond donors (Lipinski definition) is 0. The molecule has 0 spiro atoms. The molecule has 2 saturated heterocycles. The Balaban J connectivity index is 1.43. The van der Waals surface area contributed by atoms with Gasteiger partial charge in [0.1, 0.15) is 5.69 Å². The van der Waals surface area contributed by atoms with Crippen LogP contribution in [0, 0.1) is 11.8 Å². The smallest absolute Gasteiger partial charge is 0.346 e. The van der Waals surface area contributed by atoms with Gasteiger partial charge in [0.2, 0.25) is 10.1 Å². The van der Waals surface area contributed by atoms with Gasteiger partial charge in [-0.1, -0.05) is 11.3 Å². The lowest BCUT2D eigenvalue weighted by Gasteiger charge is -2.33. The molecule has 2 aliphatic heterocycles. The first-order chi connectivity index (χ1) is 12.3. The first-order valence-corrected chi connectivity index (χ1v) is 9.07. The lowest BCUT2D eigenvalue weighted by Crippen LogP contribution is -2.43. The number of carbonyl (C=O) groups excluding carboxylic acids is 1. The van der Waals surface area contributed by atoms with Gasteiger partial charge in [-0.15, -0.1) is 10.2 Å². The van der Waals surface area contributed by atoms with Crippen LogP contribution in [0.4, 0.5) is 18.3 Å². The standard InChI is InChI=1S/C15H17F3N6OS/c1-22-4-3-11(21-22)12(25)23-5-2-9-6-24(8-10(9)7-23)14-20-19-13(26-14)15(16,17)18/h3-4,9-10H,2,5-8H2,1H3/t9-,10+/m1/s1. The van der Waals surface area contributed by atoms with Gasteiger partial charge in [0.15, 0.2) is 0 Å². The van der Waals surface area contributed by atoms with Crippen LogP contribution in [0.3, 0.4) is 0 Å². The zero-order chi connectivity index (χ0) is 18.5. The molecule has 11 heteroatoms. The highest BCUT2D eigenvalue weighted by Gasteiger charge is 2.41. The summed E-state index contributed by atoms with van der Waals surface area (Å²) in [7, 11) is 1.76. The lowest BCUT2D eigenvalue weighted by molar-refractivity contribution is -0.138. The van der Waals surface area contributed by atoms with Crippen molar-refractivity contribution in [2.24, 2.45) is 18.9 Å². The number of aromatic nitrogens is 4. The monoisotopic (exact) mass is 386 g/mol. The molecule has 140 valence electrons. The Morgan fingerprint density at radius 2 is 2.00 bits per heavy atom. The normalized spacial score (nSPS) is 23.4. The van der Waals surface area contributed by atoms with Gasteiger partial charge in [0.25, 0.3) is 5.91 Å². The number of fused-ring (bicyclic) bond motifs is 1. The number of hydrogen-bond acceptors (Lipinski definition) is 6. The molecule has 2 atom stereocenters. The molecule has 0 N–H and O–H groups in total. The molecule has 1 amide bonds. The van der Waals surface area contributed by atoms with Crippen molar-refractivity contribution in [3.63, 3.8) is 0 Å². The minimum atomic E-state index is -4.46. The summed E-state index contributed by atoms with van der Waals surface area (Å²) in [6.07, 6.45) is -1.91. The second-order valence-corrected chi connectivity index (χ2v) is 7.68. The third-order valence-electron chi connectivity index (χ3n) is 4.95. The molecule has 0 aliphatic carbocycles. The van der Waals surface area contributed by atoms with Crippen molar-refractivity contribution in [2.75, 3.05) is 31.1 Å². The molecule has 0 aromatic carbocycles. The molecule has 2 aromatic rings. The van der Waals surface area contributed by atoms with Crippen LogP contribution in [0.1, 0.15) is 21.9 Å². The van der Waals surface area contributed by atoms with E-state index in [9.17, 15) is 18.0 Å². The Labute approximate surface area is 151 Å². The quantitative estimate of drug-likeness (QED) is 0.789.